The molecule has 0 aliphatic heterocycles. The number of carbonyl (C=O) groups is 1. The average molecular weight is 250 g/mol. The van der Waals surface area contributed by atoms with Crippen LogP contribution in [0.4, 0.5) is 0 Å². The Bertz CT molecular complexity index is 368. The Hall–Kier alpha value is -0.960. The summed E-state index contributed by atoms with van der Waals surface area (Å²) in [5.74, 6) is 2.72. The van der Waals surface area contributed by atoms with Crippen LogP contribution in [0.1, 0.15) is 36.5 Å². The monoisotopic (exact) mass is 250 g/mol. The molecule has 0 amide bonds. The number of hydrogen-bond donors (Lipinski definition) is 0. The molecule has 1 saturated carbocycles. The van der Waals surface area contributed by atoms with E-state index in [2.05, 4.69) is 6.92 Å². The van der Waals surface area contributed by atoms with E-state index in [9.17, 15) is 4.79 Å². The Morgan fingerprint density at radius 1 is 1.35 bits per heavy atom. The van der Waals surface area contributed by atoms with Crippen LogP contribution in [0.2, 0.25) is 0 Å². The average Bonchev–Trinajstić information content (AvgIpc) is 3.14. The first-order valence-electron chi connectivity index (χ1n) is 6.17. The van der Waals surface area contributed by atoms with Crippen molar-refractivity contribution < 1.29 is 9.53 Å². The minimum Gasteiger partial charge on any atom is -0.490 e. The normalized spacial score (nSPS) is 14.6. The summed E-state index contributed by atoms with van der Waals surface area (Å²) >= 11 is 1.70. The van der Waals surface area contributed by atoms with Crippen molar-refractivity contribution in [3.63, 3.8) is 0 Å². The largest absolute Gasteiger partial charge is 0.490 e. The van der Waals surface area contributed by atoms with Crippen molar-refractivity contribution >= 4 is 17.5 Å². The van der Waals surface area contributed by atoms with Crippen LogP contribution in [0.5, 0.6) is 5.75 Å². The van der Waals surface area contributed by atoms with Gasteiger partial charge in [0.2, 0.25) is 0 Å². The van der Waals surface area contributed by atoms with Crippen LogP contribution < -0.4 is 4.74 Å². The van der Waals surface area contributed by atoms with Crippen molar-refractivity contribution in [2.75, 3.05) is 11.5 Å². The van der Waals surface area contributed by atoms with Crippen LogP contribution in [0.25, 0.3) is 0 Å². The Balaban J connectivity index is 1.85. The molecule has 0 aromatic heterocycles. The van der Waals surface area contributed by atoms with Crippen molar-refractivity contribution in [3.8, 4) is 5.75 Å². The maximum absolute atomic E-state index is 11.8. The Labute approximate surface area is 107 Å². The predicted octanol–water partition coefficient (Wildman–Crippen LogP) is 3.55. The quantitative estimate of drug-likeness (QED) is 0.547. The van der Waals surface area contributed by atoms with Crippen LogP contribution in [-0.2, 0) is 0 Å². The molecule has 3 heteroatoms. The molecule has 1 aromatic carbocycles. The summed E-state index contributed by atoms with van der Waals surface area (Å²) in [6.07, 6.45) is 3.85. The molecule has 1 aliphatic carbocycles. The molecule has 0 saturated heterocycles. The molecular formula is C14H18O2S. The first-order chi connectivity index (χ1) is 8.29. The molecule has 92 valence electrons. The fraction of sp³-hybridized carbons (Fsp3) is 0.500. The molecule has 1 aliphatic rings. The number of rotatable bonds is 7. The van der Waals surface area contributed by atoms with Gasteiger partial charge < -0.3 is 4.74 Å². The minimum atomic E-state index is 0.210. The van der Waals surface area contributed by atoms with Crippen molar-refractivity contribution in [3.05, 3.63) is 29.8 Å². The van der Waals surface area contributed by atoms with Gasteiger partial charge in [-0.2, -0.15) is 11.8 Å². The highest BCUT2D eigenvalue weighted by molar-refractivity contribution is 7.99. The molecule has 0 N–H and O–H groups in total. The van der Waals surface area contributed by atoms with Gasteiger partial charge >= 0.3 is 0 Å². The number of ether oxygens (including phenoxy) is 1. The number of carbonyl (C=O) groups excluding carboxylic acids is 1. The van der Waals surface area contributed by atoms with Gasteiger partial charge in [0, 0.05) is 5.56 Å². The first-order valence-corrected chi connectivity index (χ1v) is 7.32. The van der Waals surface area contributed by atoms with Crippen LogP contribution in [0.3, 0.4) is 0 Å². The number of benzene rings is 1. The van der Waals surface area contributed by atoms with Gasteiger partial charge in [-0.3, -0.25) is 4.79 Å². The summed E-state index contributed by atoms with van der Waals surface area (Å²) in [5.41, 5.74) is 0.789. The molecule has 0 spiro atoms. The third-order valence-electron chi connectivity index (χ3n) is 2.59. The summed E-state index contributed by atoms with van der Waals surface area (Å²) in [6, 6.07) is 7.53. The summed E-state index contributed by atoms with van der Waals surface area (Å²) in [7, 11) is 0. The lowest BCUT2D eigenvalue weighted by molar-refractivity contribution is 0.102. The van der Waals surface area contributed by atoms with E-state index in [1.165, 1.54) is 0 Å². The molecule has 2 rings (SSSR count). The molecule has 17 heavy (non-hydrogen) atoms. The van der Waals surface area contributed by atoms with E-state index in [-0.39, 0.29) is 5.78 Å². The summed E-state index contributed by atoms with van der Waals surface area (Å²) in [6.45, 7) is 2.13. The Morgan fingerprint density at radius 3 is 2.65 bits per heavy atom. The predicted molar refractivity (Wildman–Crippen MR) is 72.0 cm³/mol. The molecule has 1 aromatic rings. The van der Waals surface area contributed by atoms with Crippen LogP contribution >= 0.6 is 11.8 Å². The Kier molecular flexibility index (Phi) is 4.49. The summed E-state index contributed by atoms with van der Waals surface area (Å²) < 4.78 is 5.64. The standard InChI is InChI=1S/C14H18O2S/c1-2-9-17-10-14(15)11-3-5-12(6-4-11)16-13-7-8-13/h3-6,13H,2,7-10H2,1H3. The smallest absolute Gasteiger partial charge is 0.172 e. The van der Waals surface area contributed by atoms with Gasteiger partial charge in [-0.1, -0.05) is 6.92 Å². The molecule has 0 atom stereocenters. The first kappa shape index (κ1) is 12.5. The van der Waals surface area contributed by atoms with Crippen LogP contribution in [-0.4, -0.2) is 23.4 Å². The van der Waals surface area contributed by atoms with Gasteiger partial charge in [0.25, 0.3) is 0 Å². The maximum atomic E-state index is 11.8. The molecule has 1 fully saturated rings. The van der Waals surface area contributed by atoms with E-state index in [4.69, 9.17) is 4.74 Å². The zero-order valence-corrected chi connectivity index (χ0v) is 11.0. The van der Waals surface area contributed by atoms with Crippen molar-refractivity contribution in [1.29, 1.82) is 0 Å². The van der Waals surface area contributed by atoms with Crippen molar-refractivity contribution in [2.45, 2.75) is 32.3 Å². The molecule has 0 heterocycles. The molecule has 0 bridgehead atoms. The topological polar surface area (TPSA) is 26.3 Å². The van der Waals surface area contributed by atoms with E-state index in [1.54, 1.807) is 11.8 Å². The van der Waals surface area contributed by atoms with E-state index >= 15 is 0 Å². The molecular weight excluding hydrogens is 232 g/mol. The van der Waals surface area contributed by atoms with Gasteiger partial charge in [-0.05, 0) is 49.3 Å². The van der Waals surface area contributed by atoms with Crippen LogP contribution in [0, 0.1) is 0 Å². The number of thioether (sulfide) groups is 1. The fourth-order valence-electron chi connectivity index (χ4n) is 1.49. The third-order valence-corrected chi connectivity index (χ3v) is 3.75. The second kappa shape index (κ2) is 6.10. The zero-order valence-electron chi connectivity index (χ0n) is 10.1. The van der Waals surface area contributed by atoms with E-state index in [0.717, 1.165) is 36.3 Å². The molecule has 0 unspecified atom stereocenters. The lowest BCUT2D eigenvalue weighted by atomic mass is 10.1. The number of ketones is 1. The van der Waals surface area contributed by atoms with Crippen LogP contribution in [0.15, 0.2) is 24.3 Å². The van der Waals surface area contributed by atoms with Crippen molar-refractivity contribution in [2.24, 2.45) is 0 Å². The second-order valence-electron chi connectivity index (χ2n) is 4.32. The number of Topliss-reactive ketones (excluding diaryl/α,β-unsaturated/α-hetero) is 1. The Morgan fingerprint density at radius 2 is 2.06 bits per heavy atom. The summed E-state index contributed by atoms with van der Waals surface area (Å²) in [4.78, 5) is 11.8. The zero-order chi connectivity index (χ0) is 12.1. The van der Waals surface area contributed by atoms with Crippen molar-refractivity contribution in [1.82, 2.24) is 0 Å². The second-order valence-corrected chi connectivity index (χ2v) is 5.42. The molecule has 2 nitrogen and oxygen atoms in total. The lowest BCUT2D eigenvalue weighted by Crippen LogP contribution is -2.03. The highest BCUT2D eigenvalue weighted by Crippen LogP contribution is 2.26. The van der Waals surface area contributed by atoms with E-state index in [0.29, 0.717) is 11.9 Å². The summed E-state index contributed by atoms with van der Waals surface area (Å²) in [5, 5.41) is 0. The lowest BCUT2D eigenvalue weighted by Gasteiger charge is -2.05. The highest BCUT2D eigenvalue weighted by atomic mass is 32.2. The fourth-order valence-corrected chi connectivity index (χ4v) is 2.28. The van der Waals surface area contributed by atoms with Gasteiger partial charge in [0.1, 0.15) is 5.75 Å². The minimum absolute atomic E-state index is 0.210. The van der Waals surface area contributed by atoms with Gasteiger partial charge in [0.05, 0.1) is 11.9 Å². The number of hydrogen-bond acceptors (Lipinski definition) is 3. The van der Waals surface area contributed by atoms with Gasteiger partial charge in [-0.15, -0.1) is 0 Å². The third kappa shape index (κ3) is 4.08. The van der Waals surface area contributed by atoms with Gasteiger partial charge in [-0.25, -0.2) is 0 Å². The maximum Gasteiger partial charge on any atom is 0.172 e. The highest BCUT2D eigenvalue weighted by Gasteiger charge is 2.23. The SMILES string of the molecule is CCCSCC(=O)c1ccc(OC2CC2)cc1. The van der Waals surface area contributed by atoms with Gasteiger partial charge in [0.15, 0.2) is 5.78 Å². The van der Waals surface area contributed by atoms with E-state index < -0.39 is 0 Å². The molecule has 0 radical (unpaired) electrons. The van der Waals surface area contributed by atoms with E-state index in [1.807, 2.05) is 24.3 Å².